The van der Waals surface area contributed by atoms with E-state index in [1.165, 1.54) is 23.6 Å². The third kappa shape index (κ3) is 5.92. The molecule has 0 fully saturated rings. The van der Waals surface area contributed by atoms with Crippen molar-refractivity contribution in [3.63, 3.8) is 0 Å². The molecule has 12 heteroatoms. The van der Waals surface area contributed by atoms with Crippen LogP contribution in [0.15, 0.2) is 83.9 Å². The van der Waals surface area contributed by atoms with Crippen LogP contribution in [0.2, 0.25) is 0 Å². The molecule has 41 heavy (non-hydrogen) atoms. The highest BCUT2D eigenvalue weighted by Gasteiger charge is 2.34. The number of ether oxygens (including phenoxy) is 1. The van der Waals surface area contributed by atoms with Gasteiger partial charge in [0.2, 0.25) is 0 Å². The van der Waals surface area contributed by atoms with Crippen LogP contribution in [-0.2, 0) is 17.0 Å². The van der Waals surface area contributed by atoms with Gasteiger partial charge in [-0.1, -0.05) is 18.2 Å². The zero-order chi connectivity index (χ0) is 29.5. The van der Waals surface area contributed by atoms with Gasteiger partial charge in [0.25, 0.3) is 0 Å². The molecule has 0 bridgehead atoms. The molecule has 0 saturated heterocycles. The van der Waals surface area contributed by atoms with E-state index in [9.17, 15) is 26.2 Å². The van der Waals surface area contributed by atoms with Crippen LogP contribution in [-0.4, -0.2) is 36.4 Å². The van der Waals surface area contributed by atoms with Gasteiger partial charge < -0.3 is 9.30 Å². The van der Waals surface area contributed by atoms with E-state index in [0.29, 0.717) is 33.2 Å². The van der Waals surface area contributed by atoms with Gasteiger partial charge in [0.15, 0.2) is 5.69 Å². The second kappa shape index (κ2) is 10.9. The van der Waals surface area contributed by atoms with Crippen LogP contribution in [0.5, 0.6) is 5.75 Å². The molecule has 0 aliphatic heterocycles. The summed E-state index contributed by atoms with van der Waals surface area (Å²) in [5.74, 6) is 0.102. The Morgan fingerprint density at radius 3 is 2.27 bits per heavy atom. The molecule has 212 valence electrons. The van der Waals surface area contributed by atoms with Crippen molar-refractivity contribution in [1.29, 1.82) is 0 Å². The Hall–Kier alpha value is -4.32. The molecule has 0 radical (unpaired) electrons. The minimum Gasteiger partial charge on any atom is -0.435 e. The highest BCUT2D eigenvalue weighted by molar-refractivity contribution is 7.84. The van der Waals surface area contributed by atoms with Crippen LogP contribution in [0.25, 0.3) is 33.8 Å². The van der Waals surface area contributed by atoms with Gasteiger partial charge >= 0.3 is 12.8 Å². The first-order chi connectivity index (χ1) is 19.4. The van der Waals surface area contributed by atoms with Gasteiger partial charge in [-0.25, -0.2) is 9.67 Å². The molecule has 5 rings (SSSR count). The summed E-state index contributed by atoms with van der Waals surface area (Å²) in [6.45, 7) is 0.275. The Morgan fingerprint density at radius 2 is 1.63 bits per heavy atom. The maximum Gasteiger partial charge on any atom is 0.434 e. The van der Waals surface area contributed by atoms with E-state index >= 15 is 0 Å². The molecule has 2 aromatic heterocycles. The summed E-state index contributed by atoms with van der Waals surface area (Å²) in [6, 6.07) is 20.1. The zero-order valence-corrected chi connectivity index (χ0v) is 22.8. The highest BCUT2D eigenvalue weighted by atomic mass is 32.2. The lowest BCUT2D eigenvalue weighted by Gasteiger charge is -2.16. The summed E-state index contributed by atoms with van der Waals surface area (Å²) in [5, 5.41) is 4.57. The SMILES string of the molecule is Cc1cc(-c2cc(-c3cccc(S(C)=O)c3)ccc2-n2cc(C(F)(F)F)nc2C)n(-c2ccc(OC(F)F)cc2)n1. The van der Waals surface area contributed by atoms with Crippen molar-refractivity contribution in [3.05, 3.63) is 96.2 Å². The largest absolute Gasteiger partial charge is 0.435 e. The first-order valence-electron chi connectivity index (χ1n) is 12.2. The lowest BCUT2D eigenvalue weighted by Crippen LogP contribution is -2.05. The number of imidazole rings is 1. The van der Waals surface area contributed by atoms with Crippen molar-refractivity contribution >= 4 is 10.8 Å². The molecule has 0 N–H and O–H groups in total. The quantitative estimate of drug-likeness (QED) is 0.187. The minimum atomic E-state index is -4.63. The molecule has 0 aliphatic rings. The molecule has 6 nitrogen and oxygen atoms in total. The van der Waals surface area contributed by atoms with Gasteiger partial charge in [0.1, 0.15) is 11.6 Å². The molecule has 1 unspecified atom stereocenters. The van der Waals surface area contributed by atoms with E-state index in [1.54, 1.807) is 66.4 Å². The number of rotatable bonds is 7. The number of hydrogen-bond donors (Lipinski definition) is 0. The fraction of sp³-hybridized carbons (Fsp3) is 0.172. The van der Waals surface area contributed by atoms with Crippen LogP contribution in [0.4, 0.5) is 22.0 Å². The van der Waals surface area contributed by atoms with Crippen molar-refractivity contribution < 1.29 is 30.9 Å². The summed E-state index contributed by atoms with van der Waals surface area (Å²) in [5.41, 5.74) is 3.10. The molecule has 3 aromatic carbocycles. The van der Waals surface area contributed by atoms with Crippen molar-refractivity contribution in [2.45, 2.75) is 31.5 Å². The van der Waals surface area contributed by atoms with E-state index in [-0.39, 0.29) is 11.6 Å². The van der Waals surface area contributed by atoms with Gasteiger partial charge in [-0.2, -0.15) is 27.1 Å². The van der Waals surface area contributed by atoms with Crippen molar-refractivity contribution in [2.75, 3.05) is 6.26 Å². The first kappa shape index (κ1) is 28.2. The average molecular weight is 587 g/mol. The van der Waals surface area contributed by atoms with Crippen LogP contribution < -0.4 is 4.74 Å². The second-order valence-electron chi connectivity index (χ2n) is 9.21. The number of nitrogens with zero attached hydrogens (tertiary/aromatic N) is 4. The fourth-order valence-corrected chi connectivity index (χ4v) is 5.06. The van der Waals surface area contributed by atoms with E-state index in [4.69, 9.17) is 0 Å². The number of benzene rings is 3. The average Bonchev–Trinajstić information content (AvgIpc) is 3.51. The lowest BCUT2D eigenvalue weighted by molar-refractivity contribution is -0.141. The van der Waals surface area contributed by atoms with Crippen molar-refractivity contribution in [2.24, 2.45) is 0 Å². The molecule has 0 spiro atoms. The Balaban J connectivity index is 1.72. The van der Waals surface area contributed by atoms with Crippen LogP contribution >= 0.6 is 0 Å². The monoisotopic (exact) mass is 586 g/mol. The van der Waals surface area contributed by atoms with Gasteiger partial charge in [-0.3, -0.25) is 4.21 Å². The number of aromatic nitrogens is 4. The van der Waals surface area contributed by atoms with E-state index < -0.39 is 29.3 Å². The third-order valence-electron chi connectivity index (χ3n) is 6.34. The first-order valence-corrected chi connectivity index (χ1v) is 13.8. The minimum absolute atomic E-state index is 0.0289. The molecule has 1 atom stereocenters. The van der Waals surface area contributed by atoms with Gasteiger partial charge in [-0.15, -0.1) is 0 Å². The molecule has 5 aromatic rings. The maximum absolute atomic E-state index is 13.5. The smallest absolute Gasteiger partial charge is 0.434 e. The summed E-state index contributed by atoms with van der Waals surface area (Å²) < 4.78 is 85.4. The van der Waals surface area contributed by atoms with Gasteiger partial charge in [0, 0.05) is 33.7 Å². The van der Waals surface area contributed by atoms with Gasteiger partial charge in [0.05, 0.1) is 22.8 Å². The Bertz CT molecular complexity index is 1740. The predicted octanol–water partition coefficient (Wildman–Crippen LogP) is 7.37. The van der Waals surface area contributed by atoms with Crippen LogP contribution in [0, 0.1) is 13.8 Å². The topological polar surface area (TPSA) is 61.9 Å². The third-order valence-corrected chi connectivity index (χ3v) is 7.26. The molecule has 2 heterocycles. The van der Waals surface area contributed by atoms with E-state index in [2.05, 4.69) is 14.8 Å². The zero-order valence-electron chi connectivity index (χ0n) is 22.0. The Kier molecular flexibility index (Phi) is 7.52. The maximum atomic E-state index is 13.5. The predicted molar refractivity (Wildman–Crippen MR) is 145 cm³/mol. The van der Waals surface area contributed by atoms with Crippen LogP contribution in [0.1, 0.15) is 17.2 Å². The lowest BCUT2D eigenvalue weighted by atomic mass is 9.99. The van der Waals surface area contributed by atoms with Crippen LogP contribution in [0.3, 0.4) is 0 Å². The fourth-order valence-electron chi connectivity index (χ4n) is 4.50. The summed E-state index contributed by atoms with van der Waals surface area (Å²) in [4.78, 5) is 4.36. The summed E-state index contributed by atoms with van der Waals surface area (Å²) in [6.07, 6.45) is -2.11. The number of aryl methyl sites for hydroxylation is 2. The summed E-state index contributed by atoms with van der Waals surface area (Å²) in [7, 11) is -1.22. The van der Waals surface area contributed by atoms with E-state index in [0.717, 1.165) is 17.3 Å². The number of hydrogen-bond acceptors (Lipinski definition) is 4. The molecular formula is C29H23F5N4O2S. The summed E-state index contributed by atoms with van der Waals surface area (Å²) >= 11 is 0. The second-order valence-corrected chi connectivity index (χ2v) is 10.6. The standard InChI is InChI=1S/C29H23F5N4O2S/c1-17-13-26(38(36-17)21-8-10-22(11-9-21)40-28(30)31)24-15-20(19-5-4-6-23(14-19)41(3)39)7-12-25(24)37-16-27(29(32,33)34)35-18(37)2/h4-16,28H,1-3H3. The highest BCUT2D eigenvalue weighted by Crippen LogP contribution is 2.36. The molecule has 0 amide bonds. The number of halogens is 5. The number of alkyl halides is 5. The molecule has 0 saturated carbocycles. The molecule has 0 aliphatic carbocycles. The normalized spacial score (nSPS) is 12.6. The van der Waals surface area contributed by atoms with Gasteiger partial charge in [-0.05, 0) is 79.6 Å². The Labute approximate surface area is 234 Å². The van der Waals surface area contributed by atoms with Crippen molar-refractivity contribution in [1.82, 2.24) is 19.3 Å². The Morgan fingerprint density at radius 1 is 0.927 bits per heavy atom. The molecular weight excluding hydrogens is 563 g/mol. The van der Waals surface area contributed by atoms with E-state index in [1.807, 2.05) is 12.1 Å². The van der Waals surface area contributed by atoms with Crippen molar-refractivity contribution in [3.8, 4) is 39.5 Å².